The fourth-order valence-corrected chi connectivity index (χ4v) is 2.24. The van der Waals surface area contributed by atoms with Gasteiger partial charge in [0.15, 0.2) is 5.78 Å². The maximum atomic E-state index is 11.5. The molecule has 2 heteroatoms. The van der Waals surface area contributed by atoms with Crippen molar-refractivity contribution >= 4 is 5.78 Å². The summed E-state index contributed by atoms with van der Waals surface area (Å²) in [6.07, 6.45) is 1.07. The Morgan fingerprint density at radius 2 is 2.27 bits per heavy atom. The number of ketones is 1. The molecule has 0 N–H and O–H groups in total. The van der Waals surface area contributed by atoms with Crippen LogP contribution in [0.15, 0.2) is 18.2 Å². The number of rotatable bonds is 2. The molecule has 1 aromatic rings. The van der Waals surface area contributed by atoms with Crippen LogP contribution in [0.3, 0.4) is 0 Å². The van der Waals surface area contributed by atoms with E-state index in [4.69, 9.17) is 0 Å². The Balaban J connectivity index is 2.40. The monoisotopic (exact) mass is 203 g/mol. The van der Waals surface area contributed by atoms with Gasteiger partial charge >= 0.3 is 0 Å². The number of nitrogens with zero attached hydrogens (tertiary/aromatic N) is 1. The van der Waals surface area contributed by atoms with Crippen molar-refractivity contribution in [2.24, 2.45) is 0 Å². The lowest BCUT2D eigenvalue weighted by atomic mass is 9.93. The maximum absolute atomic E-state index is 11.5. The Morgan fingerprint density at radius 1 is 1.47 bits per heavy atom. The van der Waals surface area contributed by atoms with E-state index in [-0.39, 0.29) is 5.78 Å². The van der Waals surface area contributed by atoms with Gasteiger partial charge in [-0.25, -0.2) is 0 Å². The average molecular weight is 203 g/mol. The Bertz CT molecular complexity index is 384. The number of hydrogen-bond donors (Lipinski definition) is 0. The first kappa shape index (κ1) is 10.4. The summed E-state index contributed by atoms with van der Waals surface area (Å²) in [5, 5.41) is 0. The Labute approximate surface area is 90.9 Å². The predicted octanol–water partition coefficient (Wildman–Crippen LogP) is 2.27. The number of likely N-dealkylation sites (N-methyl/N-ethyl adjacent to an activating group) is 1. The molecule has 2 rings (SSSR count). The molecule has 0 fully saturated rings. The molecule has 1 aliphatic rings. The third-order valence-corrected chi connectivity index (χ3v) is 3.18. The molecular weight excluding hydrogens is 186 g/mol. The quantitative estimate of drug-likeness (QED) is 0.687. The summed E-state index contributed by atoms with van der Waals surface area (Å²) in [6, 6.07) is 6.09. The molecule has 0 saturated heterocycles. The molecule has 2 nitrogen and oxygen atoms in total. The van der Waals surface area contributed by atoms with Crippen molar-refractivity contribution in [2.75, 3.05) is 13.1 Å². The maximum Gasteiger partial charge on any atom is 0.160 e. The number of hydrogen-bond acceptors (Lipinski definition) is 2. The lowest BCUT2D eigenvalue weighted by molar-refractivity contribution is 0.101. The second-order valence-electron chi connectivity index (χ2n) is 4.12. The van der Waals surface area contributed by atoms with Gasteiger partial charge in [-0.2, -0.15) is 0 Å². The molecule has 0 unspecified atom stereocenters. The molecule has 80 valence electrons. The van der Waals surface area contributed by atoms with Gasteiger partial charge in [0.25, 0.3) is 0 Å². The van der Waals surface area contributed by atoms with Crippen LogP contribution in [0.1, 0.15) is 35.3 Å². The minimum atomic E-state index is 0.185. The molecule has 0 bridgehead atoms. The molecule has 1 aromatic carbocycles. The number of Topliss-reactive ketones (excluding diaryl/α,β-unsaturated/α-hetero) is 1. The van der Waals surface area contributed by atoms with Crippen LogP contribution in [0.5, 0.6) is 0 Å². The fourth-order valence-electron chi connectivity index (χ4n) is 2.24. The standard InChI is InChI=1S/C13H17NO/c1-3-14-8-7-11-5-4-6-12(10(2)15)13(11)9-14/h4-6H,3,7-9H2,1-2H3. The number of benzene rings is 1. The molecule has 0 amide bonds. The molecule has 0 spiro atoms. The first-order valence-electron chi connectivity index (χ1n) is 5.56. The zero-order chi connectivity index (χ0) is 10.8. The van der Waals surface area contributed by atoms with E-state index in [1.165, 1.54) is 11.1 Å². The van der Waals surface area contributed by atoms with E-state index in [9.17, 15) is 4.79 Å². The van der Waals surface area contributed by atoms with Crippen LogP contribution < -0.4 is 0 Å². The van der Waals surface area contributed by atoms with Crippen LogP contribution in [0.2, 0.25) is 0 Å². The van der Waals surface area contributed by atoms with Crippen LogP contribution in [0, 0.1) is 0 Å². The normalized spacial score (nSPS) is 16.1. The van der Waals surface area contributed by atoms with Crippen LogP contribution in [-0.4, -0.2) is 23.8 Å². The highest BCUT2D eigenvalue weighted by atomic mass is 16.1. The minimum absolute atomic E-state index is 0.185. The Kier molecular flexibility index (Phi) is 2.87. The van der Waals surface area contributed by atoms with Crippen molar-refractivity contribution in [2.45, 2.75) is 26.8 Å². The summed E-state index contributed by atoms with van der Waals surface area (Å²) in [4.78, 5) is 13.9. The van der Waals surface area contributed by atoms with Crippen LogP contribution in [0.4, 0.5) is 0 Å². The number of carbonyl (C=O) groups excluding carboxylic acids is 1. The topological polar surface area (TPSA) is 20.3 Å². The minimum Gasteiger partial charge on any atom is -0.299 e. The highest BCUT2D eigenvalue weighted by Crippen LogP contribution is 2.22. The van der Waals surface area contributed by atoms with Gasteiger partial charge in [-0.05, 0) is 31.0 Å². The smallest absolute Gasteiger partial charge is 0.160 e. The zero-order valence-corrected chi connectivity index (χ0v) is 9.42. The lowest BCUT2D eigenvalue weighted by Crippen LogP contribution is -2.31. The molecule has 0 aromatic heterocycles. The summed E-state index contributed by atoms with van der Waals surface area (Å²) >= 11 is 0. The molecule has 0 radical (unpaired) electrons. The zero-order valence-electron chi connectivity index (χ0n) is 9.42. The molecule has 0 saturated carbocycles. The van der Waals surface area contributed by atoms with Gasteiger partial charge in [0.2, 0.25) is 0 Å². The largest absolute Gasteiger partial charge is 0.299 e. The van der Waals surface area contributed by atoms with E-state index in [1.54, 1.807) is 6.92 Å². The predicted molar refractivity (Wildman–Crippen MR) is 61.1 cm³/mol. The van der Waals surface area contributed by atoms with Gasteiger partial charge in [-0.15, -0.1) is 0 Å². The van der Waals surface area contributed by atoms with Gasteiger partial charge in [0, 0.05) is 18.7 Å². The van der Waals surface area contributed by atoms with Gasteiger partial charge < -0.3 is 0 Å². The summed E-state index contributed by atoms with van der Waals surface area (Å²) < 4.78 is 0. The Morgan fingerprint density at radius 3 is 2.93 bits per heavy atom. The Hall–Kier alpha value is -1.15. The van der Waals surface area contributed by atoms with Crippen molar-refractivity contribution in [3.8, 4) is 0 Å². The van der Waals surface area contributed by atoms with Crippen molar-refractivity contribution in [1.82, 2.24) is 4.90 Å². The number of fused-ring (bicyclic) bond motifs is 1. The van der Waals surface area contributed by atoms with Gasteiger partial charge in [0.1, 0.15) is 0 Å². The van der Waals surface area contributed by atoms with Gasteiger partial charge in [-0.1, -0.05) is 25.1 Å². The van der Waals surface area contributed by atoms with Crippen molar-refractivity contribution in [3.63, 3.8) is 0 Å². The fraction of sp³-hybridized carbons (Fsp3) is 0.462. The van der Waals surface area contributed by atoms with Crippen molar-refractivity contribution in [1.29, 1.82) is 0 Å². The van der Waals surface area contributed by atoms with E-state index >= 15 is 0 Å². The van der Waals surface area contributed by atoms with Crippen molar-refractivity contribution in [3.05, 3.63) is 34.9 Å². The van der Waals surface area contributed by atoms with Gasteiger partial charge in [0.05, 0.1) is 0 Å². The van der Waals surface area contributed by atoms with Gasteiger partial charge in [-0.3, -0.25) is 9.69 Å². The number of carbonyl (C=O) groups is 1. The summed E-state index contributed by atoms with van der Waals surface area (Å²) in [7, 11) is 0. The molecule has 0 aliphatic carbocycles. The third kappa shape index (κ3) is 1.95. The van der Waals surface area contributed by atoms with Crippen molar-refractivity contribution < 1.29 is 4.79 Å². The SMILES string of the molecule is CCN1CCc2cccc(C(C)=O)c2C1. The summed E-state index contributed by atoms with van der Waals surface area (Å²) in [5.74, 6) is 0.185. The van der Waals surface area contributed by atoms with E-state index in [0.717, 1.165) is 31.6 Å². The highest BCUT2D eigenvalue weighted by molar-refractivity contribution is 5.95. The van der Waals surface area contributed by atoms with E-state index in [1.807, 2.05) is 12.1 Å². The molecule has 1 aliphatic heterocycles. The molecule has 0 atom stereocenters. The summed E-state index contributed by atoms with van der Waals surface area (Å²) in [6.45, 7) is 6.93. The van der Waals surface area contributed by atoms with Crippen LogP contribution in [0.25, 0.3) is 0 Å². The third-order valence-electron chi connectivity index (χ3n) is 3.18. The average Bonchev–Trinajstić information content (AvgIpc) is 2.27. The first-order valence-corrected chi connectivity index (χ1v) is 5.56. The second kappa shape index (κ2) is 4.15. The van der Waals surface area contributed by atoms with Crippen LogP contribution >= 0.6 is 0 Å². The second-order valence-corrected chi connectivity index (χ2v) is 4.12. The van der Waals surface area contributed by atoms with Crippen LogP contribution in [-0.2, 0) is 13.0 Å². The highest BCUT2D eigenvalue weighted by Gasteiger charge is 2.18. The first-order chi connectivity index (χ1) is 7.22. The van der Waals surface area contributed by atoms with E-state index < -0.39 is 0 Å². The molecular formula is C13H17NO. The molecule has 1 heterocycles. The van der Waals surface area contributed by atoms with E-state index in [2.05, 4.69) is 17.9 Å². The summed E-state index contributed by atoms with van der Waals surface area (Å²) in [5.41, 5.74) is 3.51. The molecule has 15 heavy (non-hydrogen) atoms. The lowest BCUT2D eigenvalue weighted by Gasteiger charge is -2.28. The van der Waals surface area contributed by atoms with E-state index in [0.29, 0.717) is 0 Å².